The molecule has 2 saturated heterocycles. The average Bonchev–Trinajstić information content (AvgIpc) is 3.76. The minimum absolute atomic E-state index is 0.0491. The first-order chi connectivity index (χ1) is 20.1. The standard InChI is InChI=1S/C30H33F7N4O2/c1-18-11-22(31)3-6-25(18)26-15-24(39-9-10-40(23-4-5-23)27(42)17-39)7-8-41(26)28(43)38(2)16-19-12-20(29(32,33)34)14-21(13-19)30(35,36)37/h3,6,11-14,23-24,26H,4-5,7-10,15-17H2,1-2H3/t24-,26+/m0/s1. The van der Waals surface area contributed by atoms with Crippen molar-refractivity contribution in [1.82, 2.24) is 19.6 Å². The summed E-state index contributed by atoms with van der Waals surface area (Å²) in [6.45, 7) is 3.05. The van der Waals surface area contributed by atoms with Crippen LogP contribution in [-0.4, -0.2) is 76.8 Å². The zero-order valence-electron chi connectivity index (χ0n) is 23.8. The zero-order chi connectivity index (χ0) is 31.3. The zero-order valence-corrected chi connectivity index (χ0v) is 23.8. The number of carbonyl (C=O) groups is 2. The highest BCUT2D eigenvalue weighted by Gasteiger charge is 2.42. The van der Waals surface area contributed by atoms with Gasteiger partial charge < -0.3 is 14.7 Å². The Hall–Kier alpha value is -3.35. The Morgan fingerprint density at radius 1 is 0.907 bits per heavy atom. The van der Waals surface area contributed by atoms with Gasteiger partial charge in [0.1, 0.15) is 5.82 Å². The van der Waals surface area contributed by atoms with Crippen LogP contribution in [0, 0.1) is 12.7 Å². The summed E-state index contributed by atoms with van der Waals surface area (Å²) in [5, 5.41) is 0. The predicted octanol–water partition coefficient (Wildman–Crippen LogP) is 6.24. The van der Waals surface area contributed by atoms with E-state index in [4.69, 9.17) is 0 Å². The van der Waals surface area contributed by atoms with Gasteiger partial charge in [0, 0.05) is 45.3 Å². The Kier molecular flexibility index (Phi) is 8.40. The molecule has 0 bridgehead atoms. The summed E-state index contributed by atoms with van der Waals surface area (Å²) in [4.78, 5) is 33.2. The normalized spacial score (nSPS) is 22.2. The third-order valence-electron chi connectivity index (χ3n) is 8.60. The second-order valence-corrected chi connectivity index (χ2v) is 11.7. The quantitative estimate of drug-likeness (QED) is 0.375. The Morgan fingerprint density at radius 3 is 2.12 bits per heavy atom. The number of nitrogens with zero attached hydrogens (tertiary/aromatic N) is 4. The van der Waals surface area contributed by atoms with Crippen molar-refractivity contribution >= 4 is 11.9 Å². The summed E-state index contributed by atoms with van der Waals surface area (Å²) in [5.41, 5.74) is -1.91. The molecule has 0 unspecified atom stereocenters. The van der Waals surface area contributed by atoms with Crippen LogP contribution in [0.15, 0.2) is 36.4 Å². The van der Waals surface area contributed by atoms with Crippen LogP contribution < -0.4 is 0 Å². The molecule has 5 rings (SSSR count). The summed E-state index contributed by atoms with van der Waals surface area (Å²) < 4.78 is 94.4. The number of amides is 3. The number of hydrogen-bond donors (Lipinski definition) is 0. The first-order valence-corrected chi connectivity index (χ1v) is 14.2. The Balaban J connectivity index is 1.37. The van der Waals surface area contributed by atoms with Crippen molar-refractivity contribution < 1.29 is 40.3 Å². The summed E-state index contributed by atoms with van der Waals surface area (Å²) in [6, 6.07) is 4.68. The van der Waals surface area contributed by atoms with Gasteiger partial charge in [-0.25, -0.2) is 9.18 Å². The van der Waals surface area contributed by atoms with Gasteiger partial charge in [-0.05, 0) is 79.6 Å². The molecular formula is C30H33F7N4O2. The number of piperazine rings is 1. The van der Waals surface area contributed by atoms with Gasteiger partial charge in [0.15, 0.2) is 0 Å². The molecule has 3 amide bonds. The van der Waals surface area contributed by atoms with Crippen molar-refractivity contribution in [1.29, 1.82) is 0 Å². The number of halogens is 7. The highest BCUT2D eigenvalue weighted by Crippen LogP contribution is 2.39. The van der Waals surface area contributed by atoms with Crippen LogP contribution in [0.25, 0.3) is 0 Å². The molecule has 1 saturated carbocycles. The molecule has 43 heavy (non-hydrogen) atoms. The van der Waals surface area contributed by atoms with E-state index in [0.717, 1.165) is 17.7 Å². The molecule has 2 heterocycles. The second kappa shape index (κ2) is 11.6. The maximum Gasteiger partial charge on any atom is 0.416 e. The van der Waals surface area contributed by atoms with Crippen LogP contribution in [0.3, 0.4) is 0 Å². The lowest BCUT2D eigenvalue weighted by molar-refractivity contribution is -0.143. The van der Waals surface area contributed by atoms with Crippen molar-refractivity contribution in [3.05, 3.63) is 70.0 Å². The molecule has 3 aliphatic rings. The van der Waals surface area contributed by atoms with Gasteiger partial charge in [0.2, 0.25) is 5.91 Å². The fourth-order valence-corrected chi connectivity index (χ4v) is 6.28. The molecule has 13 heteroatoms. The van der Waals surface area contributed by atoms with Gasteiger partial charge in [0.25, 0.3) is 0 Å². The highest BCUT2D eigenvalue weighted by atomic mass is 19.4. The van der Waals surface area contributed by atoms with Gasteiger partial charge >= 0.3 is 18.4 Å². The van der Waals surface area contributed by atoms with E-state index in [0.29, 0.717) is 55.2 Å². The summed E-state index contributed by atoms with van der Waals surface area (Å²) in [6.07, 6.45) is -7.01. The van der Waals surface area contributed by atoms with E-state index in [-0.39, 0.29) is 36.7 Å². The van der Waals surface area contributed by atoms with Gasteiger partial charge in [0.05, 0.1) is 23.7 Å². The van der Waals surface area contributed by atoms with Gasteiger partial charge in [-0.1, -0.05) is 6.07 Å². The van der Waals surface area contributed by atoms with E-state index in [1.807, 2.05) is 4.90 Å². The Morgan fingerprint density at radius 2 is 1.56 bits per heavy atom. The molecule has 3 fully saturated rings. The van der Waals surface area contributed by atoms with Crippen molar-refractivity contribution in [3.8, 4) is 0 Å². The molecule has 0 aromatic heterocycles. The molecule has 1 aliphatic carbocycles. The summed E-state index contributed by atoms with van der Waals surface area (Å²) in [7, 11) is 1.33. The Labute approximate surface area is 245 Å². The van der Waals surface area contributed by atoms with E-state index in [1.54, 1.807) is 13.0 Å². The van der Waals surface area contributed by atoms with Gasteiger partial charge in [-0.15, -0.1) is 0 Å². The number of urea groups is 1. The lowest BCUT2D eigenvalue weighted by Gasteiger charge is -2.46. The SMILES string of the molecule is Cc1cc(F)ccc1[C@H]1C[C@@H](N2CCN(C3CC3)C(=O)C2)CCN1C(=O)N(C)Cc1cc(C(F)(F)F)cc(C(F)(F)F)c1. The molecule has 234 valence electrons. The highest BCUT2D eigenvalue weighted by molar-refractivity contribution is 5.79. The number of piperidine rings is 1. The predicted molar refractivity (Wildman–Crippen MR) is 143 cm³/mol. The number of carbonyl (C=O) groups excluding carboxylic acids is 2. The smallest absolute Gasteiger partial charge is 0.337 e. The van der Waals surface area contributed by atoms with Crippen molar-refractivity contribution in [2.45, 2.75) is 69.6 Å². The third-order valence-corrected chi connectivity index (χ3v) is 8.60. The van der Waals surface area contributed by atoms with Gasteiger partial charge in [-0.3, -0.25) is 9.69 Å². The summed E-state index contributed by atoms with van der Waals surface area (Å²) >= 11 is 0. The van der Waals surface area contributed by atoms with E-state index in [9.17, 15) is 40.3 Å². The molecule has 2 aromatic carbocycles. The Bertz CT molecular complexity index is 1340. The first kappa shape index (κ1) is 31.1. The third kappa shape index (κ3) is 6.91. The fourth-order valence-electron chi connectivity index (χ4n) is 6.28. The molecule has 2 aliphatic heterocycles. The fraction of sp³-hybridized carbons (Fsp3) is 0.533. The van der Waals surface area contributed by atoms with Crippen LogP contribution in [0.5, 0.6) is 0 Å². The molecule has 6 nitrogen and oxygen atoms in total. The van der Waals surface area contributed by atoms with E-state index < -0.39 is 47.9 Å². The van der Waals surface area contributed by atoms with Crippen LogP contribution >= 0.6 is 0 Å². The van der Waals surface area contributed by atoms with Crippen molar-refractivity contribution in [2.75, 3.05) is 33.2 Å². The molecule has 0 spiro atoms. The number of aryl methyl sites for hydroxylation is 1. The molecule has 2 atom stereocenters. The number of benzene rings is 2. The van der Waals surface area contributed by atoms with Gasteiger partial charge in [-0.2, -0.15) is 26.3 Å². The molecular weight excluding hydrogens is 581 g/mol. The van der Waals surface area contributed by atoms with Crippen LogP contribution in [-0.2, 0) is 23.7 Å². The molecule has 0 radical (unpaired) electrons. The first-order valence-electron chi connectivity index (χ1n) is 14.2. The summed E-state index contributed by atoms with van der Waals surface area (Å²) in [5.74, 6) is -0.378. The maximum atomic E-state index is 14.0. The van der Waals surface area contributed by atoms with E-state index in [1.165, 1.54) is 24.1 Å². The number of alkyl halides is 6. The lowest BCUT2D eigenvalue weighted by Crippen LogP contribution is -2.57. The van der Waals surface area contributed by atoms with Crippen molar-refractivity contribution in [2.24, 2.45) is 0 Å². The molecule has 2 aromatic rings. The van der Waals surface area contributed by atoms with Crippen LogP contribution in [0.1, 0.15) is 59.5 Å². The molecule has 0 N–H and O–H groups in total. The van der Waals surface area contributed by atoms with Crippen LogP contribution in [0.2, 0.25) is 0 Å². The topological polar surface area (TPSA) is 47.1 Å². The van der Waals surface area contributed by atoms with E-state index >= 15 is 0 Å². The number of likely N-dealkylation sites (tertiary alicyclic amines) is 1. The monoisotopic (exact) mass is 614 g/mol. The lowest BCUT2D eigenvalue weighted by atomic mass is 9.88. The minimum atomic E-state index is -5.00. The largest absolute Gasteiger partial charge is 0.416 e. The van der Waals surface area contributed by atoms with Crippen molar-refractivity contribution in [3.63, 3.8) is 0 Å². The van der Waals surface area contributed by atoms with E-state index in [2.05, 4.69) is 4.90 Å². The minimum Gasteiger partial charge on any atom is -0.337 e. The second-order valence-electron chi connectivity index (χ2n) is 11.7. The van der Waals surface area contributed by atoms with Crippen LogP contribution in [0.4, 0.5) is 35.5 Å². The average molecular weight is 615 g/mol. The maximum absolute atomic E-state index is 14.0. The number of hydrogen-bond acceptors (Lipinski definition) is 3. The number of rotatable bonds is 5.